The molecule has 4 heteroatoms. The standard InChI is InChI=1S/C21H40O2Si2/c1-17(2)25(18(3)4,19(5)6)16-14-20(22)13-12-15-23-24(10,11)21(7,8)9/h17-20,22H,15H2,1-11H3. The Morgan fingerprint density at radius 2 is 1.32 bits per heavy atom. The first-order valence-electron chi connectivity index (χ1n) is 9.51. The van der Waals surface area contributed by atoms with E-state index in [1.54, 1.807) is 0 Å². The van der Waals surface area contributed by atoms with Gasteiger partial charge in [0.2, 0.25) is 0 Å². The average molecular weight is 381 g/mol. The predicted molar refractivity (Wildman–Crippen MR) is 116 cm³/mol. The topological polar surface area (TPSA) is 29.5 Å². The molecule has 0 aromatic carbocycles. The molecule has 0 heterocycles. The predicted octanol–water partition coefficient (Wildman–Crippen LogP) is 5.59. The molecule has 1 N–H and O–H groups in total. The third kappa shape index (κ3) is 6.61. The number of hydrogen-bond donors (Lipinski definition) is 1. The van der Waals surface area contributed by atoms with E-state index in [9.17, 15) is 5.11 Å². The molecule has 2 nitrogen and oxygen atoms in total. The molecule has 0 spiro atoms. The largest absolute Gasteiger partial charge is 0.406 e. The third-order valence-electron chi connectivity index (χ3n) is 5.84. The molecule has 0 saturated heterocycles. The molecule has 0 bridgehead atoms. The first-order chi connectivity index (χ1) is 11.2. The van der Waals surface area contributed by atoms with Crippen LogP contribution in [0, 0.1) is 23.3 Å². The lowest BCUT2D eigenvalue weighted by Gasteiger charge is -2.38. The molecule has 0 saturated carbocycles. The smallest absolute Gasteiger partial charge is 0.193 e. The maximum atomic E-state index is 10.2. The maximum Gasteiger partial charge on any atom is 0.193 e. The number of hydrogen-bond acceptors (Lipinski definition) is 2. The fraction of sp³-hybridized carbons (Fsp3) is 0.810. The van der Waals surface area contributed by atoms with E-state index in [1.165, 1.54) is 0 Å². The summed E-state index contributed by atoms with van der Waals surface area (Å²) in [4.78, 5) is 0. The van der Waals surface area contributed by atoms with Crippen molar-refractivity contribution in [2.45, 2.75) is 103 Å². The van der Waals surface area contributed by atoms with E-state index in [-0.39, 0.29) is 5.04 Å². The molecule has 0 aromatic rings. The van der Waals surface area contributed by atoms with E-state index >= 15 is 0 Å². The van der Waals surface area contributed by atoms with Crippen molar-refractivity contribution in [3.05, 3.63) is 0 Å². The summed E-state index contributed by atoms with van der Waals surface area (Å²) >= 11 is 0. The SMILES string of the molecule is CC(C)[Si](C#CC(O)C#CCO[Si](C)(C)C(C)(C)C)(C(C)C)C(C)C. The molecule has 0 fully saturated rings. The Morgan fingerprint density at radius 1 is 0.880 bits per heavy atom. The molecule has 1 unspecified atom stereocenters. The molecule has 0 aromatic heterocycles. The Labute approximate surface area is 159 Å². The van der Waals surface area contributed by atoms with E-state index < -0.39 is 22.5 Å². The van der Waals surface area contributed by atoms with Gasteiger partial charge in [0.1, 0.15) is 8.07 Å². The van der Waals surface area contributed by atoms with Crippen LogP contribution < -0.4 is 0 Å². The van der Waals surface area contributed by atoms with E-state index in [4.69, 9.17) is 4.43 Å². The van der Waals surface area contributed by atoms with Gasteiger partial charge in [-0.1, -0.05) is 80.1 Å². The first kappa shape index (κ1) is 24.5. The van der Waals surface area contributed by atoms with E-state index in [0.29, 0.717) is 23.2 Å². The van der Waals surface area contributed by atoms with Crippen LogP contribution in [-0.4, -0.2) is 34.2 Å². The fourth-order valence-corrected chi connectivity index (χ4v) is 9.35. The van der Waals surface area contributed by atoms with Gasteiger partial charge in [0.15, 0.2) is 14.4 Å². The highest BCUT2D eigenvalue weighted by Gasteiger charge is 2.41. The first-order valence-corrected chi connectivity index (χ1v) is 14.7. The highest BCUT2D eigenvalue weighted by atomic mass is 28.4. The number of aliphatic hydroxyl groups excluding tert-OH is 1. The zero-order valence-corrected chi connectivity index (χ0v) is 20.4. The van der Waals surface area contributed by atoms with Crippen molar-refractivity contribution in [2.75, 3.05) is 6.61 Å². The molecular weight excluding hydrogens is 340 g/mol. The van der Waals surface area contributed by atoms with Gasteiger partial charge in [-0.05, 0) is 34.8 Å². The minimum absolute atomic E-state index is 0.171. The monoisotopic (exact) mass is 380 g/mol. The zero-order valence-electron chi connectivity index (χ0n) is 18.4. The Balaban J connectivity index is 5.10. The van der Waals surface area contributed by atoms with Crippen molar-refractivity contribution < 1.29 is 9.53 Å². The molecule has 25 heavy (non-hydrogen) atoms. The summed E-state index contributed by atoms with van der Waals surface area (Å²) in [6.45, 7) is 25.0. The average Bonchev–Trinajstić information content (AvgIpc) is 2.41. The van der Waals surface area contributed by atoms with Crippen LogP contribution in [0.15, 0.2) is 0 Å². The molecule has 1 atom stereocenters. The Kier molecular flexibility index (Phi) is 9.22. The number of aliphatic hydroxyl groups is 1. The van der Waals surface area contributed by atoms with Crippen LogP contribution in [0.25, 0.3) is 0 Å². The van der Waals surface area contributed by atoms with Crippen LogP contribution in [0.4, 0.5) is 0 Å². The molecule has 0 aliphatic heterocycles. The second kappa shape index (κ2) is 9.42. The Bertz CT molecular complexity index is 512. The Morgan fingerprint density at radius 3 is 1.68 bits per heavy atom. The molecule has 0 amide bonds. The molecule has 0 aliphatic carbocycles. The van der Waals surface area contributed by atoms with Gasteiger partial charge in [0.05, 0.1) is 6.61 Å². The third-order valence-corrected chi connectivity index (χ3v) is 16.6. The van der Waals surface area contributed by atoms with Gasteiger partial charge in [0, 0.05) is 0 Å². The van der Waals surface area contributed by atoms with Gasteiger partial charge < -0.3 is 9.53 Å². The normalized spacial score (nSPS) is 14.2. The summed E-state index contributed by atoms with van der Waals surface area (Å²) in [7, 11) is -3.59. The van der Waals surface area contributed by atoms with Gasteiger partial charge in [-0.2, -0.15) is 0 Å². The van der Waals surface area contributed by atoms with Crippen molar-refractivity contribution >= 4 is 16.4 Å². The van der Waals surface area contributed by atoms with E-state index in [2.05, 4.69) is 98.7 Å². The van der Waals surface area contributed by atoms with Crippen molar-refractivity contribution in [1.82, 2.24) is 0 Å². The maximum absolute atomic E-state index is 10.2. The van der Waals surface area contributed by atoms with Crippen molar-refractivity contribution in [3.8, 4) is 23.3 Å². The van der Waals surface area contributed by atoms with Crippen LogP contribution in [0.1, 0.15) is 62.3 Å². The van der Waals surface area contributed by atoms with Gasteiger partial charge in [-0.3, -0.25) is 0 Å². The summed E-state index contributed by atoms with van der Waals surface area (Å²) in [6.07, 6.45) is -0.883. The number of rotatable bonds is 5. The second-order valence-corrected chi connectivity index (χ2v) is 19.8. The minimum Gasteiger partial charge on any atom is -0.406 e. The van der Waals surface area contributed by atoms with Crippen molar-refractivity contribution in [1.29, 1.82) is 0 Å². The second-order valence-electron chi connectivity index (χ2n) is 9.44. The summed E-state index contributed by atoms with van der Waals surface area (Å²) in [5.74, 6) is 8.86. The summed E-state index contributed by atoms with van der Waals surface area (Å²) < 4.78 is 6.02. The van der Waals surface area contributed by atoms with Crippen LogP contribution in [-0.2, 0) is 4.43 Å². The minimum atomic E-state index is -1.81. The lowest BCUT2D eigenvalue weighted by molar-refractivity contribution is 0.288. The lowest BCUT2D eigenvalue weighted by Crippen LogP contribution is -2.43. The van der Waals surface area contributed by atoms with Crippen LogP contribution in [0.5, 0.6) is 0 Å². The van der Waals surface area contributed by atoms with Crippen molar-refractivity contribution in [3.63, 3.8) is 0 Å². The van der Waals surface area contributed by atoms with Crippen LogP contribution in [0.2, 0.25) is 34.8 Å². The summed E-state index contributed by atoms with van der Waals surface area (Å²) in [5.41, 5.74) is 5.19. The van der Waals surface area contributed by atoms with Gasteiger partial charge >= 0.3 is 0 Å². The quantitative estimate of drug-likeness (QED) is 0.497. The molecule has 144 valence electrons. The molecule has 0 radical (unpaired) electrons. The summed E-state index contributed by atoms with van der Waals surface area (Å²) in [5, 5.41) is 10.3. The zero-order chi connectivity index (χ0) is 20.1. The summed E-state index contributed by atoms with van der Waals surface area (Å²) in [6, 6.07) is 0. The van der Waals surface area contributed by atoms with Crippen LogP contribution in [0.3, 0.4) is 0 Å². The molecule has 0 rings (SSSR count). The highest BCUT2D eigenvalue weighted by molar-refractivity contribution is 6.90. The lowest BCUT2D eigenvalue weighted by atomic mass is 10.2. The highest BCUT2D eigenvalue weighted by Crippen LogP contribution is 2.40. The molecular formula is C21H40O2Si2. The van der Waals surface area contributed by atoms with Gasteiger partial charge in [-0.25, -0.2) is 0 Å². The fourth-order valence-electron chi connectivity index (χ4n) is 3.23. The van der Waals surface area contributed by atoms with Gasteiger partial charge in [0.25, 0.3) is 0 Å². The van der Waals surface area contributed by atoms with Crippen LogP contribution >= 0.6 is 0 Å². The van der Waals surface area contributed by atoms with E-state index in [0.717, 1.165) is 0 Å². The van der Waals surface area contributed by atoms with Gasteiger partial charge in [-0.15, -0.1) is 5.54 Å². The molecule has 0 aliphatic rings. The van der Waals surface area contributed by atoms with E-state index in [1.807, 2.05) is 0 Å². The Hall–Kier alpha value is -0.526. The van der Waals surface area contributed by atoms with Crippen molar-refractivity contribution in [2.24, 2.45) is 0 Å².